The van der Waals surface area contributed by atoms with Crippen molar-refractivity contribution in [3.8, 4) is 0 Å². The summed E-state index contributed by atoms with van der Waals surface area (Å²) in [5, 5.41) is 0.582. The summed E-state index contributed by atoms with van der Waals surface area (Å²) in [5.74, 6) is 0.125. The van der Waals surface area contributed by atoms with Gasteiger partial charge in [-0.1, -0.05) is 23.2 Å². The van der Waals surface area contributed by atoms with Crippen molar-refractivity contribution in [1.82, 2.24) is 9.21 Å². The molecular weight excluding hydrogens is 359 g/mol. The van der Waals surface area contributed by atoms with Crippen LogP contribution in [0.5, 0.6) is 0 Å². The van der Waals surface area contributed by atoms with Crippen molar-refractivity contribution >= 4 is 39.1 Å². The van der Waals surface area contributed by atoms with Crippen molar-refractivity contribution in [3.63, 3.8) is 0 Å². The molecule has 0 unspecified atom stereocenters. The number of nitrogens with zero attached hydrogens (tertiary/aromatic N) is 2. The molecule has 0 bridgehead atoms. The number of rotatable bonds is 3. The fourth-order valence-electron chi connectivity index (χ4n) is 3.28. The van der Waals surface area contributed by atoms with Crippen LogP contribution >= 0.6 is 23.2 Å². The molecule has 5 nitrogen and oxygen atoms in total. The summed E-state index contributed by atoms with van der Waals surface area (Å²) in [6.07, 6.45) is 3.00. The average Bonchev–Trinajstić information content (AvgIpc) is 2.92. The maximum absolute atomic E-state index is 12.8. The van der Waals surface area contributed by atoms with Gasteiger partial charge in [-0.05, 0) is 37.5 Å². The molecule has 0 aliphatic carbocycles. The third-order valence-corrected chi connectivity index (χ3v) is 6.66. The predicted octanol–water partition coefficient (Wildman–Crippen LogP) is 2.77. The number of likely N-dealkylation sites (tertiary alicyclic amines) is 1. The average molecular weight is 377 g/mol. The normalized spacial score (nSPS) is 23.5. The van der Waals surface area contributed by atoms with Gasteiger partial charge in [0.05, 0.1) is 4.90 Å². The van der Waals surface area contributed by atoms with Crippen LogP contribution in [0.2, 0.25) is 10.0 Å². The fraction of sp³-hybridized carbons (Fsp3) is 0.533. The zero-order chi connectivity index (χ0) is 16.6. The van der Waals surface area contributed by atoms with Crippen LogP contribution in [-0.2, 0) is 14.8 Å². The molecule has 2 fully saturated rings. The Morgan fingerprint density at radius 2 is 1.74 bits per heavy atom. The van der Waals surface area contributed by atoms with E-state index in [1.165, 1.54) is 22.5 Å². The number of hydrogen-bond donors (Lipinski definition) is 0. The predicted molar refractivity (Wildman–Crippen MR) is 89.2 cm³/mol. The molecule has 126 valence electrons. The lowest BCUT2D eigenvalue weighted by molar-refractivity contribution is -0.130. The van der Waals surface area contributed by atoms with E-state index in [1.807, 2.05) is 4.90 Å². The standard InChI is InChI=1S/C15H18Cl2N2O3S/c16-11-7-12(17)9-14(8-11)23(21,22)18-5-1-3-13(10-18)19-6-2-4-15(19)20/h7-9,13H,1-6,10H2/t13-/m1/s1. The first-order valence-corrected chi connectivity index (χ1v) is 9.83. The van der Waals surface area contributed by atoms with Gasteiger partial charge in [-0.2, -0.15) is 4.31 Å². The Kier molecular flexibility index (Phi) is 4.88. The lowest BCUT2D eigenvalue weighted by Gasteiger charge is -2.36. The van der Waals surface area contributed by atoms with E-state index >= 15 is 0 Å². The van der Waals surface area contributed by atoms with Crippen molar-refractivity contribution in [2.24, 2.45) is 0 Å². The van der Waals surface area contributed by atoms with Gasteiger partial charge in [-0.15, -0.1) is 0 Å². The maximum Gasteiger partial charge on any atom is 0.243 e. The Bertz CT molecular complexity index is 703. The maximum atomic E-state index is 12.8. The van der Waals surface area contributed by atoms with Crippen LogP contribution in [0.15, 0.2) is 23.1 Å². The van der Waals surface area contributed by atoms with Crippen LogP contribution < -0.4 is 0 Å². The SMILES string of the molecule is O=C1CCCN1[C@@H]1CCCN(S(=O)(=O)c2cc(Cl)cc(Cl)c2)C1. The minimum absolute atomic E-state index is 0.0387. The third-order valence-electron chi connectivity index (χ3n) is 4.38. The Balaban J connectivity index is 1.83. The van der Waals surface area contributed by atoms with E-state index in [2.05, 4.69) is 0 Å². The van der Waals surface area contributed by atoms with E-state index < -0.39 is 10.0 Å². The van der Waals surface area contributed by atoms with E-state index in [9.17, 15) is 13.2 Å². The van der Waals surface area contributed by atoms with E-state index in [4.69, 9.17) is 23.2 Å². The number of carbonyl (C=O) groups excluding carboxylic acids is 1. The minimum atomic E-state index is -3.66. The summed E-state index contributed by atoms with van der Waals surface area (Å²) in [4.78, 5) is 13.8. The van der Waals surface area contributed by atoms with Crippen LogP contribution in [0, 0.1) is 0 Å². The smallest absolute Gasteiger partial charge is 0.243 e. The molecule has 0 N–H and O–H groups in total. The molecule has 2 aliphatic rings. The fourth-order valence-corrected chi connectivity index (χ4v) is 5.52. The van der Waals surface area contributed by atoms with E-state index in [0.717, 1.165) is 25.8 Å². The number of hydrogen-bond acceptors (Lipinski definition) is 3. The molecule has 0 spiro atoms. The second-order valence-corrected chi connectivity index (χ2v) is 8.77. The molecule has 2 aliphatic heterocycles. The number of halogens is 2. The van der Waals surface area contributed by atoms with Gasteiger partial charge in [0.25, 0.3) is 0 Å². The topological polar surface area (TPSA) is 57.7 Å². The van der Waals surface area contributed by atoms with Crippen molar-refractivity contribution in [1.29, 1.82) is 0 Å². The minimum Gasteiger partial charge on any atom is -0.338 e. The number of piperidine rings is 1. The molecule has 3 rings (SSSR count). The molecule has 8 heteroatoms. The van der Waals surface area contributed by atoms with E-state index in [-0.39, 0.29) is 16.8 Å². The molecule has 2 saturated heterocycles. The zero-order valence-electron chi connectivity index (χ0n) is 12.5. The van der Waals surface area contributed by atoms with Crippen molar-refractivity contribution in [3.05, 3.63) is 28.2 Å². The van der Waals surface area contributed by atoms with Crippen LogP contribution in [0.4, 0.5) is 0 Å². The van der Waals surface area contributed by atoms with Gasteiger partial charge in [0.2, 0.25) is 15.9 Å². The lowest BCUT2D eigenvalue weighted by atomic mass is 10.1. The van der Waals surface area contributed by atoms with Crippen molar-refractivity contribution < 1.29 is 13.2 Å². The summed E-state index contributed by atoms with van der Waals surface area (Å²) < 4.78 is 27.1. The highest BCUT2D eigenvalue weighted by atomic mass is 35.5. The molecule has 1 aromatic rings. The number of benzene rings is 1. The van der Waals surface area contributed by atoms with Gasteiger partial charge in [-0.25, -0.2) is 8.42 Å². The van der Waals surface area contributed by atoms with E-state index in [1.54, 1.807) is 0 Å². The number of amides is 1. The molecule has 1 aromatic carbocycles. The number of carbonyl (C=O) groups is 1. The molecule has 0 radical (unpaired) electrons. The summed E-state index contributed by atoms with van der Waals surface area (Å²) >= 11 is 11.9. The van der Waals surface area contributed by atoms with Gasteiger partial charge in [0.1, 0.15) is 0 Å². The van der Waals surface area contributed by atoms with Crippen LogP contribution in [0.3, 0.4) is 0 Å². The quantitative estimate of drug-likeness (QED) is 0.814. The Morgan fingerprint density at radius 1 is 1.04 bits per heavy atom. The van der Waals surface area contributed by atoms with Gasteiger partial charge < -0.3 is 4.90 Å². The van der Waals surface area contributed by atoms with Crippen LogP contribution in [-0.4, -0.2) is 49.2 Å². The largest absolute Gasteiger partial charge is 0.338 e. The van der Waals surface area contributed by atoms with Crippen LogP contribution in [0.25, 0.3) is 0 Å². The van der Waals surface area contributed by atoms with E-state index in [0.29, 0.717) is 29.6 Å². The Morgan fingerprint density at radius 3 is 2.35 bits per heavy atom. The molecular formula is C15H18Cl2N2O3S. The first-order valence-electron chi connectivity index (χ1n) is 7.63. The molecule has 2 heterocycles. The highest BCUT2D eigenvalue weighted by molar-refractivity contribution is 7.89. The van der Waals surface area contributed by atoms with Gasteiger partial charge >= 0.3 is 0 Å². The summed E-state index contributed by atoms with van der Waals surface area (Å²) in [6, 6.07) is 4.29. The number of sulfonamides is 1. The molecule has 0 saturated carbocycles. The van der Waals surface area contributed by atoms with Crippen molar-refractivity contribution in [2.75, 3.05) is 19.6 Å². The van der Waals surface area contributed by atoms with Gasteiger partial charge in [0, 0.05) is 42.1 Å². The first kappa shape index (κ1) is 17.0. The zero-order valence-corrected chi connectivity index (χ0v) is 14.9. The third kappa shape index (κ3) is 3.50. The summed E-state index contributed by atoms with van der Waals surface area (Å²) in [7, 11) is -3.66. The highest BCUT2D eigenvalue weighted by Gasteiger charge is 2.36. The van der Waals surface area contributed by atoms with Crippen LogP contribution in [0.1, 0.15) is 25.7 Å². The van der Waals surface area contributed by atoms with Crippen molar-refractivity contribution in [2.45, 2.75) is 36.6 Å². The first-order chi connectivity index (χ1) is 10.9. The summed E-state index contributed by atoms with van der Waals surface area (Å²) in [5.41, 5.74) is 0. The Labute approximate surface area is 146 Å². The second-order valence-electron chi connectivity index (χ2n) is 5.95. The molecule has 0 aromatic heterocycles. The monoisotopic (exact) mass is 376 g/mol. The Hall–Kier alpha value is -0.820. The molecule has 23 heavy (non-hydrogen) atoms. The van der Waals surface area contributed by atoms with Gasteiger partial charge in [-0.3, -0.25) is 4.79 Å². The highest BCUT2D eigenvalue weighted by Crippen LogP contribution is 2.28. The second kappa shape index (κ2) is 6.59. The summed E-state index contributed by atoms with van der Waals surface area (Å²) in [6.45, 7) is 1.50. The molecule has 1 atom stereocenters. The lowest BCUT2D eigenvalue weighted by Crippen LogP contribution is -2.50. The molecule has 1 amide bonds. The van der Waals surface area contributed by atoms with Gasteiger partial charge in [0.15, 0.2) is 0 Å².